The Morgan fingerprint density at radius 1 is 1.42 bits per heavy atom. The highest BCUT2D eigenvalue weighted by Gasteiger charge is 1.99. The van der Waals surface area contributed by atoms with E-state index in [0.29, 0.717) is 6.54 Å². The highest BCUT2D eigenvalue weighted by atomic mass is 19.1. The number of aryl methyl sites for hydroxylation is 1. The van der Waals surface area contributed by atoms with Crippen LogP contribution in [0.4, 0.5) is 4.39 Å². The zero-order chi connectivity index (χ0) is 8.97. The first-order chi connectivity index (χ1) is 5.74. The number of nitrogens with one attached hydrogen (secondary N) is 1. The zero-order valence-electron chi connectivity index (χ0n) is 7.52. The van der Waals surface area contributed by atoms with Gasteiger partial charge >= 0.3 is 0 Å². The molecule has 0 saturated carbocycles. The smallest absolute Gasteiger partial charge is 0.127 e. The Morgan fingerprint density at radius 3 is 2.75 bits per heavy atom. The first-order valence-corrected chi connectivity index (χ1v) is 4.19. The molecule has 0 aliphatic heterocycles. The fourth-order valence-corrected chi connectivity index (χ4v) is 1.06. The van der Waals surface area contributed by atoms with E-state index in [2.05, 4.69) is 5.32 Å². The minimum Gasteiger partial charge on any atom is -0.313 e. The molecule has 0 atom stereocenters. The van der Waals surface area contributed by atoms with Crippen LogP contribution in [0.5, 0.6) is 0 Å². The highest BCUT2D eigenvalue weighted by Crippen LogP contribution is 2.08. The minimum atomic E-state index is -0.115. The molecule has 0 aliphatic carbocycles. The van der Waals surface area contributed by atoms with E-state index in [1.807, 2.05) is 26.0 Å². The summed E-state index contributed by atoms with van der Waals surface area (Å²) in [7, 11) is 0. The van der Waals surface area contributed by atoms with E-state index < -0.39 is 0 Å². The summed E-state index contributed by atoms with van der Waals surface area (Å²) in [5, 5.41) is 3.08. The van der Waals surface area contributed by atoms with Crippen molar-refractivity contribution in [3.8, 4) is 0 Å². The van der Waals surface area contributed by atoms with Gasteiger partial charge in [-0.1, -0.05) is 19.1 Å². The summed E-state index contributed by atoms with van der Waals surface area (Å²) in [6, 6.07) is 5.32. The predicted molar refractivity (Wildman–Crippen MR) is 48.5 cm³/mol. The van der Waals surface area contributed by atoms with Crippen molar-refractivity contribution >= 4 is 0 Å². The lowest BCUT2D eigenvalue weighted by Crippen LogP contribution is -2.12. The molecule has 0 aromatic heterocycles. The summed E-state index contributed by atoms with van der Waals surface area (Å²) < 4.78 is 13.1. The molecule has 0 unspecified atom stereocenters. The van der Waals surface area contributed by atoms with Gasteiger partial charge in [0, 0.05) is 12.1 Å². The van der Waals surface area contributed by atoms with Crippen molar-refractivity contribution in [2.45, 2.75) is 20.4 Å². The Hall–Kier alpha value is -0.890. The molecule has 0 bridgehead atoms. The summed E-state index contributed by atoms with van der Waals surface area (Å²) in [6.45, 7) is 5.38. The summed E-state index contributed by atoms with van der Waals surface area (Å²) in [5.41, 5.74) is 1.70. The van der Waals surface area contributed by atoms with Gasteiger partial charge in [0.05, 0.1) is 0 Å². The molecule has 2 heteroatoms. The molecule has 0 fully saturated rings. The Morgan fingerprint density at radius 2 is 2.17 bits per heavy atom. The Labute approximate surface area is 72.6 Å². The van der Waals surface area contributed by atoms with Gasteiger partial charge in [-0.2, -0.15) is 0 Å². The Balaban J connectivity index is 2.72. The third kappa shape index (κ3) is 2.31. The standard InChI is InChI=1S/C10H14FN/c1-3-12-7-9-5-4-8(2)6-10(9)11/h4-6,12H,3,7H2,1-2H3. The van der Waals surface area contributed by atoms with Gasteiger partial charge in [0.2, 0.25) is 0 Å². The van der Waals surface area contributed by atoms with Crippen LogP contribution >= 0.6 is 0 Å². The van der Waals surface area contributed by atoms with Crippen molar-refractivity contribution in [3.63, 3.8) is 0 Å². The number of halogens is 1. The molecule has 0 amide bonds. The van der Waals surface area contributed by atoms with Crippen molar-refractivity contribution < 1.29 is 4.39 Å². The molecule has 0 radical (unpaired) electrons. The van der Waals surface area contributed by atoms with Gasteiger partial charge in [0.25, 0.3) is 0 Å². The van der Waals surface area contributed by atoms with Crippen LogP contribution in [0, 0.1) is 12.7 Å². The van der Waals surface area contributed by atoms with E-state index in [1.54, 1.807) is 6.07 Å². The van der Waals surface area contributed by atoms with Gasteiger partial charge < -0.3 is 5.32 Å². The van der Waals surface area contributed by atoms with Gasteiger partial charge in [-0.15, -0.1) is 0 Å². The summed E-state index contributed by atoms with van der Waals surface area (Å²) >= 11 is 0. The second-order valence-corrected chi connectivity index (χ2v) is 2.88. The average Bonchev–Trinajstić information content (AvgIpc) is 2.03. The van der Waals surface area contributed by atoms with Crippen LogP contribution in [0.15, 0.2) is 18.2 Å². The van der Waals surface area contributed by atoms with Crippen molar-refractivity contribution in [3.05, 3.63) is 35.1 Å². The lowest BCUT2D eigenvalue weighted by Gasteiger charge is -2.03. The fourth-order valence-electron chi connectivity index (χ4n) is 1.06. The molecule has 1 aromatic carbocycles. The van der Waals surface area contributed by atoms with E-state index in [1.165, 1.54) is 0 Å². The SMILES string of the molecule is CCNCc1ccc(C)cc1F. The Bertz CT molecular complexity index is 258. The van der Waals surface area contributed by atoms with E-state index >= 15 is 0 Å². The number of benzene rings is 1. The molecule has 1 rings (SSSR count). The molecular formula is C10H14FN. The topological polar surface area (TPSA) is 12.0 Å². The highest BCUT2D eigenvalue weighted by molar-refractivity contribution is 5.23. The van der Waals surface area contributed by atoms with Gasteiger partial charge in [0.1, 0.15) is 5.82 Å². The van der Waals surface area contributed by atoms with Gasteiger partial charge in [-0.05, 0) is 25.1 Å². The van der Waals surface area contributed by atoms with Crippen molar-refractivity contribution in [2.24, 2.45) is 0 Å². The third-order valence-corrected chi connectivity index (χ3v) is 1.77. The Kier molecular flexibility index (Phi) is 3.23. The normalized spacial score (nSPS) is 10.2. The molecular weight excluding hydrogens is 153 g/mol. The van der Waals surface area contributed by atoms with Crippen LogP contribution in [-0.2, 0) is 6.54 Å². The monoisotopic (exact) mass is 167 g/mol. The lowest BCUT2D eigenvalue weighted by molar-refractivity contribution is 0.592. The van der Waals surface area contributed by atoms with Crippen LogP contribution in [0.2, 0.25) is 0 Å². The van der Waals surface area contributed by atoms with Crippen molar-refractivity contribution in [2.75, 3.05) is 6.54 Å². The van der Waals surface area contributed by atoms with E-state index in [-0.39, 0.29) is 5.82 Å². The molecule has 1 aromatic rings. The maximum atomic E-state index is 13.1. The van der Waals surface area contributed by atoms with Gasteiger partial charge in [-0.3, -0.25) is 0 Å². The maximum absolute atomic E-state index is 13.1. The second-order valence-electron chi connectivity index (χ2n) is 2.88. The van der Waals surface area contributed by atoms with Crippen molar-refractivity contribution in [1.29, 1.82) is 0 Å². The van der Waals surface area contributed by atoms with Crippen LogP contribution < -0.4 is 5.32 Å². The number of hydrogen-bond donors (Lipinski definition) is 1. The third-order valence-electron chi connectivity index (χ3n) is 1.77. The largest absolute Gasteiger partial charge is 0.313 e. The first-order valence-electron chi connectivity index (χ1n) is 4.19. The fraction of sp³-hybridized carbons (Fsp3) is 0.400. The first kappa shape index (κ1) is 9.20. The molecule has 66 valence electrons. The van der Waals surface area contributed by atoms with E-state index in [4.69, 9.17) is 0 Å². The maximum Gasteiger partial charge on any atom is 0.127 e. The number of rotatable bonds is 3. The van der Waals surface area contributed by atoms with Gasteiger partial charge in [0.15, 0.2) is 0 Å². The lowest BCUT2D eigenvalue weighted by atomic mass is 10.1. The molecule has 0 spiro atoms. The molecule has 0 heterocycles. The van der Waals surface area contributed by atoms with Crippen molar-refractivity contribution in [1.82, 2.24) is 5.32 Å². The average molecular weight is 167 g/mol. The number of hydrogen-bond acceptors (Lipinski definition) is 1. The summed E-state index contributed by atoms with van der Waals surface area (Å²) in [4.78, 5) is 0. The molecule has 0 aliphatic rings. The van der Waals surface area contributed by atoms with E-state index in [0.717, 1.165) is 17.7 Å². The minimum absolute atomic E-state index is 0.115. The van der Waals surface area contributed by atoms with Crippen LogP contribution in [0.1, 0.15) is 18.1 Å². The summed E-state index contributed by atoms with van der Waals surface area (Å²) in [6.07, 6.45) is 0. The van der Waals surface area contributed by atoms with E-state index in [9.17, 15) is 4.39 Å². The second kappa shape index (κ2) is 4.21. The summed E-state index contributed by atoms with van der Waals surface area (Å²) in [5.74, 6) is -0.115. The molecule has 1 nitrogen and oxygen atoms in total. The quantitative estimate of drug-likeness (QED) is 0.728. The van der Waals surface area contributed by atoms with Crippen LogP contribution in [-0.4, -0.2) is 6.54 Å². The van der Waals surface area contributed by atoms with Crippen LogP contribution in [0.3, 0.4) is 0 Å². The van der Waals surface area contributed by atoms with Gasteiger partial charge in [-0.25, -0.2) is 4.39 Å². The molecule has 1 N–H and O–H groups in total. The molecule has 12 heavy (non-hydrogen) atoms. The van der Waals surface area contributed by atoms with Crippen LogP contribution in [0.25, 0.3) is 0 Å². The molecule has 0 saturated heterocycles. The zero-order valence-corrected chi connectivity index (χ0v) is 7.52. The predicted octanol–water partition coefficient (Wildman–Crippen LogP) is 2.24.